The highest BCUT2D eigenvalue weighted by atomic mass is 32.2. The minimum absolute atomic E-state index is 0.138. The zero-order valence-corrected chi connectivity index (χ0v) is 19.5. The molecule has 0 saturated carbocycles. The summed E-state index contributed by atoms with van der Waals surface area (Å²) in [4.78, 5) is 21.6. The van der Waals surface area contributed by atoms with Crippen LogP contribution in [0.25, 0.3) is 22.5 Å². The van der Waals surface area contributed by atoms with Gasteiger partial charge in [-0.2, -0.15) is 5.26 Å². The number of aromatic nitrogens is 2. The van der Waals surface area contributed by atoms with Crippen molar-refractivity contribution in [1.29, 1.82) is 5.26 Å². The Bertz CT molecular complexity index is 1300. The number of methoxy groups -OCH3 is 1. The van der Waals surface area contributed by atoms with E-state index in [-0.39, 0.29) is 12.3 Å². The number of nitriles is 1. The first kappa shape index (κ1) is 22.5. The van der Waals surface area contributed by atoms with E-state index in [1.165, 1.54) is 23.1 Å². The Hall–Kier alpha value is -3.67. The summed E-state index contributed by atoms with van der Waals surface area (Å²) >= 11 is 2.76. The number of para-hydroxylation sites is 1. The highest BCUT2D eigenvalue weighted by Gasteiger charge is 2.13. The number of nitrogens with zero attached hydrogens (tertiary/aromatic N) is 3. The van der Waals surface area contributed by atoms with E-state index >= 15 is 0 Å². The Labute approximate surface area is 200 Å². The number of amides is 1. The molecule has 0 radical (unpaired) electrons. The third kappa shape index (κ3) is 5.58. The standard InChI is InChI=1S/C25H20N4O2S2/c1-31-22-10-6-5-9-19(22)21-16-33-25(28-21)29-23(30)13-14-32-24-18(15-26)11-12-20(27-24)17-7-3-2-4-8-17/h2-12,16H,13-14H2,1H3,(H,28,29,30). The summed E-state index contributed by atoms with van der Waals surface area (Å²) in [6.45, 7) is 0. The topological polar surface area (TPSA) is 87.9 Å². The monoisotopic (exact) mass is 472 g/mol. The number of hydrogen-bond donors (Lipinski definition) is 1. The van der Waals surface area contributed by atoms with Gasteiger partial charge in [0, 0.05) is 28.7 Å². The summed E-state index contributed by atoms with van der Waals surface area (Å²) in [5.41, 5.74) is 3.91. The molecular weight excluding hydrogens is 452 g/mol. The molecule has 164 valence electrons. The maximum atomic E-state index is 12.4. The van der Waals surface area contributed by atoms with Crippen LogP contribution in [0.5, 0.6) is 5.75 Å². The third-order valence-electron chi connectivity index (χ3n) is 4.75. The molecule has 2 aromatic carbocycles. The van der Waals surface area contributed by atoms with Gasteiger partial charge >= 0.3 is 0 Å². The maximum absolute atomic E-state index is 12.4. The molecule has 6 nitrogen and oxygen atoms in total. The summed E-state index contributed by atoms with van der Waals surface area (Å²) in [6, 6.07) is 23.2. The van der Waals surface area contributed by atoms with E-state index in [2.05, 4.69) is 21.4 Å². The Balaban J connectivity index is 1.37. The van der Waals surface area contributed by atoms with Gasteiger partial charge in [-0.1, -0.05) is 42.5 Å². The number of thiazole rings is 1. The van der Waals surface area contributed by atoms with Crippen molar-refractivity contribution in [3.63, 3.8) is 0 Å². The van der Waals surface area contributed by atoms with Crippen molar-refractivity contribution in [2.75, 3.05) is 18.2 Å². The molecule has 4 aromatic rings. The molecule has 0 spiro atoms. The Morgan fingerprint density at radius 1 is 1.06 bits per heavy atom. The first-order valence-corrected chi connectivity index (χ1v) is 12.0. The van der Waals surface area contributed by atoms with Crippen molar-refractivity contribution in [2.24, 2.45) is 0 Å². The number of carbonyl (C=O) groups is 1. The van der Waals surface area contributed by atoms with Crippen molar-refractivity contribution in [3.8, 4) is 34.3 Å². The molecular formula is C25H20N4O2S2. The number of hydrogen-bond acceptors (Lipinski definition) is 7. The molecule has 0 bridgehead atoms. The van der Waals surface area contributed by atoms with Crippen LogP contribution in [0.15, 0.2) is 77.1 Å². The van der Waals surface area contributed by atoms with Gasteiger partial charge < -0.3 is 10.1 Å². The van der Waals surface area contributed by atoms with Crippen LogP contribution in [0.4, 0.5) is 5.13 Å². The van der Waals surface area contributed by atoms with Gasteiger partial charge in [0.2, 0.25) is 5.91 Å². The molecule has 1 N–H and O–H groups in total. The lowest BCUT2D eigenvalue weighted by molar-refractivity contribution is -0.115. The zero-order valence-electron chi connectivity index (χ0n) is 17.8. The van der Waals surface area contributed by atoms with E-state index in [9.17, 15) is 10.1 Å². The predicted molar refractivity (Wildman–Crippen MR) is 132 cm³/mol. The van der Waals surface area contributed by atoms with Gasteiger partial charge in [0.15, 0.2) is 5.13 Å². The Morgan fingerprint density at radius 3 is 2.64 bits per heavy atom. The molecule has 0 aliphatic heterocycles. The molecule has 8 heteroatoms. The summed E-state index contributed by atoms with van der Waals surface area (Å²) in [6.07, 6.45) is 0.274. The molecule has 0 unspecified atom stereocenters. The normalized spacial score (nSPS) is 10.4. The van der Waals surface area contributed by atoms with Gasteiger partial charge in [0.25, 0.3) is 0 Å². The van der Waals surface area contributed by atoms with Crippen LogP contribution >= 0.6 is 23.1 Å². The SMILES string of the molecule is COc1ccccc1-c1csc(NC(=O)CCSc2nc(-c3ccccc3)ccc2C#N)n1. The van der Waals surface area contributed by atoms with Gasteiger partial charge in [-0.15, -0.1) is 23.1 Å². The van der Waals surface area contributed by atoms with Crippen LogP contribution in [0.3, 0.4) is 0 Å². The minimum Gasteiger partial charge on any atom is -0.496 e. The predicted octanol–water partition coefficient (Wildman–Crippen LogP) is 5.87. The van der Waals surface area contributed by atoms with E-state index in [1.54, 1.807) is 13.2 Å². The van der Waals surface area contributed by atoms with Gasteiger partial charge in [-0.25, -0.2) is 9.97 Å². The molecule has 0 fully saturated rings. The van der Waals surface area contributed by atoms with E-state index in [0.717, 1.165) is 28.3 Å². The van der Waals surface area contributed by atoms with Crippen LogP contribution in [0.2, 0.25) is 0 Å². The number of rotatable bonds is 8. The van der Waals surface area contributed by atoms with E-state index in [4.69, 9.17) is 4.74 Å². The molecule has 0 saturated heterocycles. The fraction of sp³-hybridized carbons (Fsp3) is 0.120. The third-order valence-corrected chi connectivity index (χ3v) is 6.50. The van der Waals surface area contributed by atoms with Crippen molar-refractivity contribution in [1.82, 2.24) is 9.97 Å². The number of nitrogens with one attached hydrogen (secondary N) is 1. The number of thioether (sulfide) groups is 1. The second-order valence-electron chi connectivity index (χ2n) is 6.91. The summed E-state index contributed by atoms with van der Waals surface area (Å²) in [5.74, 6) is 1.09. The van der Waals surface area contributed by atoms with Crippen LogP contribution in [-0.2, 0) is 4.79 Å². The first-order valence-electron chi connectivity index (χ1n) is 10.2. The van der Waals surface area contributed by atoms with Crippen LogP contribution in [-0.4, -0.2) is 28.7 Å². The Morgan fingerprint density at radius 2 is 1.85 bits per heavy atom. The van der Waals surface area contributed by atoms with Gasteiger partial charge in [-0.3, -0.25) is 4.79 Å². The van der Waals surface area contributed by atoms with Crippen molar-refractivity contribution in [3.05, 3.63) is 77.7 Å². The van der Waals surface area contributed by atoms with Gasteiger partial charge in [-0.05, 0) is 24.3 Å². The number of anilines is 1. The largest absolute Gasteiger partial charge is 0.496 e. The lowest BCUT2D eigenvalue weighted by Gasteiger charge is -2.07. The molecule has 1 amide bonds. The molecule has 4 rings (SSSR count). The fourth-order valence-corrected chi connectivity index (χ4v) is 4.78. The summed E-state index contributed by atoms with van der Waals surface area (Å²) in [5, 5.41) is 15.3. The smallest absolute Gasteiger partial charge is 0.226 e. The van der Waals surface area contributed by atoms with Crippen molar-refractivity contribution in [2.45, 2.75) is 11.4 Å². The number of ether oxygens (including phenoxy) is 1. The molecule has 33 heavy (non-hydrogen) atoms. The first-order chi connectivity index (χ1) is 16.2. The molecule has 0 aliphatic rings. The highest BCUT2D eigenvalue weighted by Crippen LogP contribution is 2.32. The van der Waals surface area contributed by atoms with Crippen LogP contribution in [0, 0.1) is 11.3 Å². The summed E-state index contributed by atoms with van der Waals surface area (Å²) < 4.78 is 5.39. The van der Waals surface area contributed by atoms with Crippen molar-refractivity contribution < 1.29 is 9.53 Å². The molecule has 0 aliphatic carbocycles. The van der Waals surface area contributed by atoms with Crippen LogP contribution < -0.4 is 10.1 Å². The Kier molecular flexibility index (Phi) is 7.35. The molecule has 0 atom stereocenters. The fourth-order valence-electron chi connectivity index (χ4n) is 3.14. The number of benzene rings is 2. The van der Waals surface area contributed by atoms with Gasteiger partial charge in [0.05, 0.1) is 24.1 Å². The molecule has 2 heterocycles. The average molecular weight is 473 g/mol. The summed E-state index contributed by atoms with van der Waals surface area (Å²) in [7, 11) is 1.62. The quantitative estimate of drug-likeness (QED) is 0.323. The average Bonchev–Trinajstić information content (AvgIpc) is 3.32. The second kappa shape index (κ2) is 10.8. The van der Waals surface area contributed by atoms with Crippen LogP contribution in [0.1, 0.15) is 12.0 Å². The lowest BCUT2D eigenvalue weighted by atomic mass is 10.1. The van der Waals surface area contributed by atoms with Gasteiger partial charge in [0.1, 0.15) is 16.8 Å². The van der Waals surface area contributed by atoms with E-state index in [1.807, 2.05) is 66.0 Å². The van der Waals surface area contributed by atoms with Crippen molar-refractivity contribution >= 4 is 34.1 Å². The number of carbonyl (C=O) groups excluding carboxylic acids is 1. The lowest BCUT2D eigenvalue weighted by Crippen LogP contribution is -2.12. The zero-order chi connectivity index (χ0) is 23.0. The second-order valence-corrected chi connectivity index (χ2v) is 8.85. The maximum Gasteiger partial charge on any atom is 0.226 e. The minimum atomic E-state index is -0.138. The highest BCUT2D eigenvalue weighted by molar-refractivity contribution is 7.99. The number of pyridine rings is 1. The van der Waals surface area contributed by atoms with E-state index < -0.39 is 0 Å². The van der Waals surface area contributed by atoms with E-state index in [0.29, 0.717) is 21.5 Å². The molecule has 2 aromatic heterocycles.